The molecule has 3 heterocycles. The topological polar surface area (TPSA) is 94.7 Å². The fraction of sp³-hybridized carbons (Fsp3) is 0.154. The van der Waals surface area contributed by atoms with E-state index >= 15 is 0 Å². The van der Waals surface area contributed by atoms with E-state index < -0.39 is 11.2 Å². The molecule has 0 bridgehead atoms. The molecule has 0 radical (unpaired) electrons. The summed E-state index contributed by atoms with van der Waals surface area (Å²) < 4.78 is 2.37. The van der Waals surface area contributed by atoms with Crippen molar-refractivity contribution in [2.75, 3.05) is 5.32 Å². The first kappa shape index (κ1) is 13.0. The third-order valence-corrected chi connectivity index (χ3v) is 3.15. The van der Waals surface area contributed by atoms with Gasteiger partial charge in [-0.3, -0.25) is 13.9 Å². The summed E-state index contributed by atoms with van der Waals surface area (Å²) in [6, 6.07) is 3.34. The molecule has 8 nitrogen and oxygen atoms in total. The summed E-state index contributed by atoms with van der Waals surface area (Å²) in [6.45, 7) is 0. The second-order valence-electron chi connectivity index (χ2n) is 4.46. The van der Waals surface area contributed by atoms with Gasteiger partial charge in [0.2, 0.25) is 5.95 Å². The molecule has 0 aromatic carbocycles. The molecular weight excluding hydrogens is 272 g/mol. The van der Waals surface area contributed by atoms with E-state index in [9.17, 15) is 9.59 Å². The standard InChI is InChI=1S/C13H12N6O2/c1-18-10-9(11(20)19(2)13(18)21)8(4-7-14-10)17-12-15-5-3-6-16-12/h3-7H,1-2H3,(H,14,15,16,17). The Morgan fingerprint density at radius 3 is 2.43 bits per heavy atom. The Labute approximate surface area is 118 Å². The monoisotopic (exact) mass is 284 g/mol. The van der Waals surface area contributed by atoms with Crippen molar-refractivity contribution in [3.8, 4) is 0 Å². The molecule has 0 unspecified atom stereocenters. The quantitative estimate of drug-likeness (QED) is 0.720. The van der Waals surface area contributed by atoms with Crippen LogP contribution in [0.1, 0.15) is 0 Å². The first-order valence-electron chi connectivity index (χ1n) is 6.18. The van der Waals surface area contributed by atoms with Crippen molar-refractivity contribution >= 4 is 22.7 Å². The fourth-order valence-electron chi connectivity index (χ4n) is 2.07. The van der Waals surface area contributed by atoms with Crippen LogP contribution in [0.2, 0.25) is 0 Å². The lowest BCUT2D eigenvalue weighted by molar-refractivity contribution is 0.708. The van der Waals surface area contributed by atoms with Crippen molar-refractivity contribution in [2.45, 2.75) is 0 Å². The number of aryl methyl sites for hydroxylation is 1. The maximum absolute atomic E-state index is 12.3. The zero-order valence-electron chi connectivity index (χ0n) is 11.4. The van der Waals surface area contributed by atoms with Crippen molar-refractivity contribution < 1.29 is 0 Å². The van der Waals surface area contributed by atoms with Crippen LogP contribution in [0.25, 0.3) is 11.0 Å². The van der Waals surface area contributed by atoms with Gasteiger partial charge in [0, 0.05) is 32.7 Å². The van der Waals surface area contributed by atoms with Gasteiger partial charge in [-0.05, 0) is 12.1 Å². The van der Waals surface area contributed by atoms with Gasteiger partial charge in [0.25, 0.3) is 5.56 Å². The van der Waals surface area contributed by atoms with E-state index in [1.807, 2.05) is 0 Å². The van der Waals surface area contributed by atoms with E-state index in [4.69, 9.17) is 0 Å². The molecule has 3 aromatic rings. The van der Waals surface area contributed by atoms with E-state index in [1.165, 1.54) is 17.8 Å². The SMILES string of the molecule is Cn1c(=O)c2c(Nc3ncccn3)ccnc2n(C)c1=O. The van der Waals surface area contributed by atoms with Gasteiger partial charge in [-0.25, -0.2) is 19.7 Å². The molecule has 0 aliphatic carbocycles. The first-order valence-corrected chi connectivity index (χ1v) is 6.18. The van der Waals surface area contributed by atoms with Crippen LogP contribution >= 0.6 is 0 Å². The van der Waals surface area contributed by atoms with Crippen LogP contribution in [-0.4, -0.2) is 24.1 Å². The first-order chi connectivity index (χ1) is 10.1. The van der Waals surface area contributed by atoms with E-state index in [-0.39, 0.29) is 0 Å². The smallest absolute Gasteiger partial charge is 0.323 e. The molecule has 3 rings (SSSR count). The van der Waals surface area contributed by atoms with Crippen LogP contribution in [-0.2, 0) is 14.1 Å². The molecule has 0 aliphatic rings. The summed E-state index contributed by atoms with van der Waals surface area (Å²) in [5, 5.41) is 3.29. The molecule has 0 atom stereocenters. The average molecular weight is 284 g/mol. The van der Waals surface area contributed by atoms with Crippen molar-refractivity contribution in [1.29, 1.82) is 0 Å². The van der Waals surface area contributed by atoms with Crippen LogP contribution in [0.15, 0.2) is 40.3 Å². The highest BCUT2D eigenvalue weighted by atomic mass is 16.2. The van der Waals surface area contributed by atoms with Crippen molar-refractivity contribution in [1.82, 2.24) is 24.1 Å². The molecule has 106 valence electrons. The van der Waals surface area contributed by atoms with E-state index in [2.05, 4.69) is 20.3 Å². The Bertz CT molecular complexity index is 929. The Morgan fingerprint density at radius 1 is 1.00 bits per heavy atom. The highest BCUT2D eigenvalue weighted by Gasteiger charge is 2.13. The highest BCUT2D eigenvalue weighted by Crippen LogP contribution is 2.19. The molecular formula is C13H12N6O2. The van der Waals surface area contributed by atoms with Crippen LogP contribution < -0.4 is 16.6 Å². The van der Waals surface area contributed by atoms with Gasteiger partial charge >= 0.3 is 5.69 Å². The van der Waals surface area contributed by atoms with Crippen LogP contribution in [0.3, 0.4) is 0 Å². The molecule has 0 spiro atoms. The second kappa shape index (κ2) is 4.82. The number of nitrogens with one attached hydrogen (secondary N) is 1. The molecule has 0 amide bonds. The minimum absolute atomic E-state index is 0.309. The third kappa shape index (κ3) is 2.06. The van der Waals surface area contributed by atoms with Gasteiger partial charge in [0.05, 0.1) is 5.69 Å². The zero-order chi connectivity index (χ0) is 15.0. The summed E-state index contributed by atoms with van der Waals surface area (Å²) in [7, 11) is 3.00. The van der Waals surface area contributed by atoms with Gasteiger partial charge < -0.3 is 5.32 Å². The average Bonchev–Trinajstić information content (AvgIpc) is 2.51. The maximum atomic E-state index is 12.3. The number of rotatable bonds is 2. The summed E-state index contributed by atoms with van der Waals surface area (Å²) in [5.74, 6) is 0.362. The van der Waals surface area contributed by atoms with Gasteiger partial charge in [0.15, 0.2) is 5.65 Å². The lowest BCUT2D eigenvalue weighted by atomic mass is 10.2. The largest absolute Gasteiger partial charge is 0.332 e. The molecule has 1 N–H and O–H groups in total. The molecule has 0 aliphatic heterocycles. The van der Waals surface area contributed by atoms with Crippen molar-refractivity contribution in [3.63, 3.8) is 0 Å². The van der Waals surface area contributed by atoms with Crippen LogP contribution in [0, 0.1) is 0 Å². The molecule has 0 saturated carbocycles. The lowest BCUT2D eigenvalue weighted by Crippen LogP contribution is -2.37. The van der Waals surface area contributed by atoms with E-state index in [1.54, 1.807) is 31.6 Å². The number of hydrogen-bond acceptors (Lipinski definition) is 6. The fourth-order valence-corrected chi connectivity index (χ4v) is 2.07. The van der Waals surface area contributed by atoms with Crippen molar-refractivity contribution in [3.05, 3.63) is 51.6 Å². The Balaban J connectivity index is 2.30. The van der Waals surface area contributed by atoms with Gasteiger partial charge in [-0.2, -0.15) is 0 Å². The minimum Gasteiger partial charge on any atom is -0.323 e. The van der Waals surface area contributed by atoms with E-state index in [0.29, 0.717) is 22.7 Å². The third-order valence-electron chi connectivity index (χ3n) is 3.15. The molecule has 3 aromatic heterocycles. The van der Waals surface area contributed by atoms with Gasteiger partial charge in [-0.1, -0.05) is 0 Å². The number of aromatic nitrogens is 5. The maximum Gasteiger partial charge on any atom is 0.332 e. The zero-order valence-corrected chi connectivity index (χ0v) is 11.4. The van der Waals surface area contributed by atoms with E-state index in [0.717, 1.165) is 4.57 Å². The predicted molar refractivity (Wildman–Crippen MR) is 77.5 cm³/mol. The molecule has 0 saturated heterocycles. The molecule has 21 heavy (non-hydrogen) atoms. The van der Waals surface area contributed by atoms with Gasteiger partial charge in [-0.15, -0.1) is 0 Å². The minimum atomic E-state index is -0.423. The van der Waals surface area contributed by atoms with Crippen LogP contribution in [0.4, 0.5) is 11.6 Å². The second-order valence-corrected chi connectivity index (χ2v) is 4.46. The normalized spacial score (nSPS) is 10.8. The summed E-state index contributed by atoms with van der Waals surface area (Å²) in [4.78, 5) is 36.5. The highest BCUT2D eigenvalue weighted by molar-refractivity contribution is 5.89. The lowest BCUT2D eigenvalue weighted by Gasteiger charge is -2.10. The van der Waals surface area contributed by atoms with Crippen molar-refractivity contribution in [2.24, 2.45) is 14.1 Å². The van der Waals surface area contributed by atoms with Crippen LogP contribution in [0.5, 0.6) is 0 Å². The van der Waals surface area contributed by atoms with Gasteiger partial charge in [0.1, 0.15) is 5.39 Å². The number of nitrogens with zero attached hydrogens (tertiary/aromatic N) is 5. The Hall–Kier alpha value is -3.03. The predicted octanol–water partition coefficient (Wildman–Crippen LogP) is 0.166. The molecule has 8 heteroatoms. The molecule has 0 fully saturated rings. The Morgan fingerprint density at radius 2 is 1.71 bits per heavy atom. The summed E-state index contributed by atoms with van der Waals surface area (Å²) in [6.07, 6.45) is 4.70. The number of hydrogen-bond donors (Lipinski definition) is 1. The number of anilines is 2. The number of fused-ring (bicyclic) bond motifs is 1. The summed E-state index contributed by atoms with van der Waals surface area (Å²) in [5.41, 5.74) is -0.0285. The summed E-state index contributed by atoms with van der Waals surface area (Å²) >= 11 is 0. The Kier molecular flexibility index (Phi) is 2.98. The number of pyridine rings is 1.